The standard InChI is InChI=1S/C11H7BrN2O2S/c12-7-1-3-8(4-2-7)17-10-6-13-5-9(14-10)11(15)16/h1-6H,(H,15,16). The number of carboxylic acids is 1. The molecule has 0 saturated heterocycles. The fraction of sp³-hybridized carbons (Fsp3) is 0. The third-order valence-electron chi connectivity index (χ3n) is 1.87. The molecule has 0 fully saturated rings. The van der Waals surface area contributed by atoms with Gasteiger partial charge in [-0.25, -0.2) is 9.78 Å². The van der Waals surface area contributed by atoms with Crippen molar-refractivity contribution in [2.45, 2.75) is 9.92 Å². The van der Waals surface area contributed by atoms with Crippen molar-refractivity contribution in [1.29, 1.82) is 0 Å². The van der Waals surface area contributed by atoms with Gasteiger partial charge in [0.25, 0.3) is 0 Å². The number of carbonyl (C=O) groups is 1. The summed E-state index contributed by atoms with van der Waals surface area (Å²) in [5, 5.41) is 9.36. The summed E-state index contributed by atoms with van der Waals surface area (Å²) in [6.45, 7) is 0. The van der Waals surface area contributed by atoms with Gasteiger partial charge in [-0.05, 0) is 24.3 Å². The smallest absolute Gasteiger partial charge is 0.356 e. The van der Waals surface area contributed by atoms with Gasteiger partial charge < -0.3 is 5.11 Å². The maximum absolute atomic E-state index is 10.7. The van der Waals surface area contributed by atoms with Crippen LogP contribution in [-0.2, 0) is 0 Å². The van der Waals surface area contributed by atoms with Gasteiger partial charge in [0.15, 0.2) is 5.69 Å². The van der Waals surface area contributed by atoms with Crippen LogP contribution in [-0.4, -0.2) is 21.0 Å². The quantitative estimate of drug-likeness (QED) is 0.944. The Morgan fingerprint density at radius 1 is 1.24 bits per heavy atom. The number of hydrogen-bond acceptors (Lipinski definition) is 4. The lowest BCUT2D eigenvalue weighted by atomic mass is 10.4. The zero-order valence-electron chi connectivity index (χ0n) is 8.50. The minimum absolute atomic E-state index is 0.0490. The van der Waals surface area contributed by atoms with Gasteiger partial charge in [0, 0.05) is 9.37 Å². The van der Waals surface area contributed by atoms with Crippen LogP contribution in [0.4, 0.5) is 0 Å². The Hall–Kier alpha value is -1.40. The molecular weight excluding hydrogens is 304 g/mol. The molecule has 1 aromatic carbocycles. The van der Waals surface area contributed by atoms with E-state index in [-0.39, 0.29) is 5.69 Å². The molecule has 6 heteroatoms. The van der Waals surface area contributed by atoms with Crippen molar-refractivity contribution in [1.82, 2.24) is 9.97 Å². The molecule has 0 spiro atoms. The Morgan fingerprint density at radius 3 is 2.59 bits per heavy atom. The zero-order chi connectivity index (χ0) is 12.3. The Balaban J connectivity index is 2.21. The summed E-state index contributed by atoms with van der Waals surface area (Å²) in [5.41, 5.74) is -0.0490. The van der Waals surface area contributed by atoms with Crippen molar-refractivity contribution >= 4 is 33.7 Å². The van der Waals surface area contributed by atoms with Crippen LogP contribution in [0.1, 0.15) is 10.5 Å². The minimum atomic E-state index is -1.07. The van der Waals surface area contributed by atoms with E-state index in [2.05, 4.69) is 25.9 Å². The number of aromatic nitrogens is 2. The molecule has 1 N–H and O–H groups in total. The van der Waals surface area contributed by atoms with Gasteiger partial charge in [-0.2, -0.15) is 0 Å². The topological polar surface area (TPSA) is 63.1 Å². The number of nitrogens with zero attached hydrogens (tertiary/aromatic N) is 2. The number of benzene rings is 1. The molecular formula is C11H7BrN2O2S. The summed E-state index contributed by atoms with van der Waals surface area (Å²) >= 11 is 4.72. The number of carboxylic acid groups (broad SMARTS) is 1. The van der Waals surface area contributed by atoms with Crippen molar-refractivity contribution in [2.75, 3.05) is 0 Å². The molecule has 86 valence electrons. The van der Waals surface area contributed by atoms with Gasteiger partial charge in [-0.15, -0.1) is 0 Å². The van der Waals surface area contributed by atoms with Crippen molar-refractivity contribution in [3.63, 3.8) is 0 Å². The molecule has 0 atom stereocenters. The highest BCUT2D eigenvalue weighted by Gasteiger charge is 2.07. The van der Waals surface area contributed by atoms with E-state index in [1.807, 2.05) is 24.3 Å². The molecule has 1 aromatic heterocycles. The summed E-state index contributed by atoms with van der Waals surface area (Å²) in [5.74, 6) is -1.07. The molecule has 0 unspecified atom stereocenters. The zero-order valence-corrected chi connectivity index (χ0v) is 10.9. The maximum atomic E-state index is 10.7. The fourth-order valence-corrected chi connectivity index (χ4v) is 2.16. The molecule has 0 bridgehead atoms. The summed E-state index contributed by atoms with van der Waals surface area (Å²) in [7, 11) is 0. The average Bonchev–Trinajstić information content (AvgIpc) is 2.32. The van der Waals surface area contributed by atoms with Gasteiger partial charge in [-0.3, -0.25) is 4.98 Å². The molecule has 0 aliphatic carbocycles. The van der Waals surface area contributed by atoms with Crippen molar-refractivity contribution in [3.05, 3.63) is 46.8 Å². The summed E-state index contributed by atoms with van der Waals surface area (Å²) < 4.78 is 0.993. The molecule has 2 rings (SSSR count). The number of aromatic carboxylic acids is 1. The molecule has 2 aromatic rings. The number of halogens is 1. The maximum Gasteiger partial charge on any atom is 0.356 e. The molecule has 17 heavy (non-hydrogen) atoms. The van der Waals surface area contributed by atoms with Crippen molar-refractivity contribution in [3.8, 4) is 0 Å². The Morgan fingerprint density at radius 2 is 1.94 bits per heavy atom. The Labute approximate surface area is 110 Å². The van der Waals surface area contributed by atoms with E-state index in [0.717, 1.165) is 9.37 Å². The largest absolute Gasteiger partial charge is 0.476 e. The number of rotatable bonds is 3. The van der Waals surface area contributed by atoms with Crippen LogP contribution in [0.2, 0.25) is 0 Å². The lowest BCUT2D eigenvalue weighted by molar-refractivity contribution is 0.0689. The van der Waals surface area contributed by atoms with Crippen LogP contribution in [0.3, 0.4) is 0 Å². The van der Waals surface area contributed by atoms with E-state index in [1.165, 1.54) is 18.0 Å². The highest BCUT2D eigenvalue weighted by atomic mass is 79.9. The van der Waals surface area contributed by atoms with E-state index < -0.39 is 5.97 Å². The SMILES string of the molecule is O=C(O)c1cncc(Sc2ccc(Br)cc2)n1. The summed E-state index contributed by atoms with van der Waals surface area (Å²) in [6, 6.07) is 7.67. The van der Waals surface area contributed by atoms with Crippen molar-refractivity contribution in [2.24, 2.45) is 0 Å². The molecule has 0 radical (unpaired) electrons. The third kappa shape index (κ3) is 3.28. The first kappa shape index (κ1) is 12.1. The van der Waals surface area contributed by atoms with Crippen LogP contribution < -0.4 is 0 Å². The molecule has 0 aliphatic heterocycles. The van der Waals surface area contributed by atoms with E-state index in [1.54, 1.807) is 6.20 Å². The van der Waals surface area contributed by atoms with Gasteiger partial charge >= 0.3 is 5.97 Å². The lowest BCUT2D eigenvalue weighted by Crippen LogP contribution is -2.01. The summed E-state index contributed by atoms with van der Waals surface area (Å²) in [6.07, 6.45) is 2.77. The van der Waals surface area contributed by atoms with E-state index in [9.17, 15) is 4.79 Å². The first-order valence-corrected chi connectivity index (χ1v) is 6.25. The highest BCUT2D eigenvalue weighted by molar-refractivity contribution is 9.10. The van der Waals surface area contributed by atoms with Crippen LogP contribution >= 0.6 is 27.7 Å². The Bertz CT molecular complexity index is 545. The van der Waals surface area contributed by atoms with E-state index in [0.29, 0.717) is 5.03 Å². The minimum Gasteiger partial charge on any atom is -0.476 e. The molecule has 1 heterocycles. The highest BCUT2D eigenvalue weighted by Crippen LogP contribution is 2.26. The molecule has 0 aliphatic rings. The first-order valence-electron chi connectivity index (χ1n) is 4.64. The number of hydrogen-bond donors (Lipinski definition) is 1. The van der Waals surface area contributed by atoms with Crippen LogP contribution in [0.25, 0.3) is 0 Å². The van der Waals surface area contributed by atoms with Gasteiger partial charge in [0.05, 0.1) is 12.4 Å². The second-order valence-corrected chi connectivity index (χ2v) is 5.11. The van der Waals surface area contributed by atoms with E-state index >= 15 is 0 Å². The first-order chi connectivity index (χ1) is 8.15. The van der Waals surface area contributed by atoms with Crippen molar-refractivity contribution < 1.29 is 9.90 Å². The lowest BCUT2D eigenvalue weighted by Gasteiger charge is -2.01. The van der Waals surface area contributed by atoms with Gasteiger partial charge in [0.1, 0.15) is 5.03 Å². The van der Waals surface area contributed by atoms with E-state index in [4.69, 9.17) is 5.11 Å². The normalized spacial score (nSPS) is 10.2. The second kappa shape index (κ2) is 5.29. The predicted molar refractivity (Wildman–Crippen MR) is 67.3 cm³/mol. The molecule has 0 saturated carbocycles. The van der Waals surface area contributed by atoms with Crippen LogP contribution in [0, 0.1) is 0 Å². The molecule has 4 nitrogen and oxygen atoms in total. The predicted octanol–water partition coefficient (Wildman–Crippen LogP) is 3.09. The van der Waals surface area contributed by atoms with Crippen LogP contribution in [0.5, 0.6) is 0 Å². The van der Waals surface area contributed by atoms with Gasteiger partial charge in [-0.1, -0.05) is 27.7 Å². The summed E-state index contributed by atoms with van der Waals surface area (Å²) in [4.78, 5) is 19.5. The second-order valence-electron chi connectivity index (χ2n) is 3.10. The van der Waals surface area contributed by atoms with Gasteiger partial charge in [0.2, 0.25) is 0 Å². The van der Waals surface area contributed by atoms with Crippen LogP contribution in [0.15, 0.2) is 51.1 Å². The average molecular weight is 311 g/mol. The Kier molecular flexibility index (Phi) is 3.75. The third-order valence-corrected chi connectivity index (χ3v) is 3.31. The fourth-order valence-electron chi connectivity index (χ4n) is 1.12. The molecule has 0 amide bonds. The monoisotopic (exact) mass is 310 g/mol.